The fourth-order valence-corrected chi connectivity index (χ4v) is 3.50. The molecular formula is C17H24O2S. The van der Waals surface area contributed by atoms with Crippen LogP contribution >= 0.6 is 11.3 Å². The summed E-state index contributed by atoms with van der Waals surface area (Å²) in [6, 6.07) is 3.62. The van der Waals surface area contributed by atoms with E-state index in [2.05, 4.69) is 26.8 Å². The van der Waals surface area contributed by atoms with E-state index in [9.17, 15) is 9.90 Å². The molecule has 20 heavy (non-hydrogen) atoms. The number of allylic oxidation sites excluding steroid dienone is 1. The van der Waals surface area contributed by atoms with E-state index in [-0.39, 0.29) is 5.78 Å². The van der Waals surface area contributed by atoms with E-state index >= 15 is 0 Å². The van der Waals surface area contributed by atoms with Gasteiger partial charge in [0.1, 0.15) is 6.10 Å². The Balaban J connectivity index is 1.92. The Kier molecular flexibility index (Phi) is 4.82. The highest BCUT2D eigenvalue weighted by Gasteiger charge is 2.27. The Bertz CT molecular complexity index is 480. The summed E-state index contributed by atoms with van der Waals surface area (Å²) in [4.78, 5) is 12.7. The van der Waals surface area contributed by atoms with Crippen molar-refractivity contribution in [1.29, 1.82) is 0 Å². The first-order valence-corrected chi connectivity index (χ1v) is 8.19. The molecule has 2 atom stereocenters. The first-order valence-electron chi connectivity index (χ1n) is 7.31. The molecule has 0 amide bonds. The molecule has 2 rings (SSSR count). The van der Waals surface area contributed by atoms with Crippen LogP contribution < -0.4 is 0 Å². The fourth-order valence-electron chi connectivity index (χ4n) is 2.78. The summed E-state index contributed by atoms with van der Waals surface area (Å²) in [5.74, 6) is 0.565. The summed E-state index contributed by atoms with van der Waals surface area (Å²) in [5, 5.41) is 12.0. The summed E-state index contributed by atoms with van der Waals surface area (Å²) in [5.41, 5.74) is 1.58. The van der Waals surface area contributed by atoms with Crippen molar-refractivity contribution < 1.29 is 9.90 Å². The first kappa shape index (κ1) is 15.5. The molecule has 110 valence electrons. The number of rotatable bonds is 4. The Labute approximate surface area is 125 Å². The van der Waals surface area contributed by atoms with Gasteiger partial charge in [0.2, 0.25) is 5.78 Å². The zero-order chi connectivity index (χ0) is 14.8. The van der Waals surface area contributed by atoms with E-state index in [0.717, 1.165) is 19.3 Å². The molecule has 0 radical (unpaired) electrons. The van der Waals surface area contributed by atoms with Crippen LogP contribution in [-0.2, 0) is 0 Å². The highest BCUT2D eigenvalue weighted by Crippen LogP contribution is 2.38. The number of carbonyl (C=O) groups is 1. The number of hydrogen-bond acceptors (Lipinski definition) is 3. The molecule has 1 aliphatic carbocycles. The van der Waals surface area contributed by atoms with Gasteiger partial charge in [0.25, 0.3) is 0 Å². The lowest BCUT2D eigenvalue weighted by Gasteiger charge is -2.33. The summed E-state index contributed by atoms with van der Waals surface area (Å²) in [6.07, 6.45) is 5.09. The lowest BCUT2D eigenvalue weighted by atomic mass is 9.72. The van der Waals surface area contributed by atoms with Gasteiger partial charge in [-0.2, -0.15) is 0 Å². The van der Waals surface area contributed by atoms with Crippen LogP contribution in [-0.4, -0.2) is 17.0 Å². The molecule has 1 aromatic heterocycles. The van der Waals surface area contributed by atoms with Crippen molar-refractivity contribution in [2.45, 2.75) is 52.6 Å². The van der Waals surface area contributed by atoms with Gasteiger partial charge in [0.05, 0.1) is 4.88 Å². The molecule has 3 heteroatoms. The van der Waals surface area contributed by atoms with Crippen molar-refractivity contribution in [1.82, 2.24) is 0 Å². The normalized spacial score (nSPS) is 21.4. The molecule has 0 saturated carbocycles. The quantitative estimate of drug-likeness (QED) is 0.657. The van der Waals surface area contributed by atoms with Crippen molar-refractivity contribution in [2.24, 2.45) is 11.3 Å². The van der Waals surface area contributed by atoms with Gasteiger partial charge in [0.15, 0.2) is 0 Å². The number of hydrogen-bond donors (Lipinski definition) is 1. The van der Waals surface area contributed by atoms with Crippen molar-refractivity contribution >= 4 is 17.1 Å². The third-order valence-corrected chi connectivity index (χ3v) is 5.14. The van der Waals surface area contributed by atoms with Gasteiger partial charge in [-0.25, -0.2) is 0 Å². The van der Waals surface area contributed by atoms with Crippen molar-refractivity contribution in [3.05, 3.63) is 34.0 Å². The van der Waals surface area contributed by atoms with Crippen LogP contribution in [0.1, 0.15) is 56.1 Å². The van der Waals surface area contributed by atoms with E-state index in [1.165, 1.54) is 16.9 Å². The van der Waals surface area contributed by atoms with Crippen LogP contribution in [0.3, 0.4) is 0 Å². The van der Waals surface area contributed by atoms with Gasteiger partial charge >= 0.3 is 0 Å². The minimum absolute atomic E-state index is 0.140. The molecule has 1 heterocycles. The Hall–Kier alpha value is -0.930. The molecule has 0 aromatic carbocycles. The molecular weight excluding hydrogens is 268 g/mol. The topological polar surface area (TPSA) is 37.3 Å². The third kappa shape index (κ3) is 3.80. The maximum Gasteiger partial charge on any atom is 0.201 e. The van der Waals surface area contributed by atoms with Gasteiger partial charge in [-0.1, -0.05) is 38.5 Å². The molecule has 0 unspecified atom stereocenters. The maximum atomic E-state index is 12.0. The molecule has 2 nitrogen and oxygen atoms in total. The third-order valence-electron chi connectivity index (χ3n) is 4.25. The molecule has 0 saturated heterocycles. The second-order valence-electron chi connectivity index (χ2n) is 6.76. The summed E-state index contributed by atoms with van der Waals surface area (Å²) >= 11 is 1.40. The number of aliphatic hydroxyl groups excluding tert-OH is 1. The van der Waals surface area contributed by atoms with Crippen molar-refractivity contribution in [3.63, 3.8) is 0 Å². The van der Waals surface area contributed by atoms with Crippen molar-refractivity contribution in [3.8, 4) is 0 Å². The molecule has 1 aliphatic rings. The SMILES string of the molecule is CC(C)(C)[C@@H]1CC=C(C[C@H](O)C(=O)c2cccs2)CC1. The van der Waals surface area contributed by atoms with Gasteiger partial charge < -0.3 is 5.11 Å². The van der Waals surface area contributed by atoms with E-state index in [1.807, 2.05) is 11.4 Å². The van der Waals surface area contributed by atoms with E-state index in [0.29, 0.717) is 22.6 Å². The smallest absolute Gasteiger partial charge is 0.201 e. The monoisotopic (exact) mass is 292 g/mol. The van der Waals surface area contributed by atoms with Crippen LogP contribution in [0.25, 0.3) is 0 Å². The van der Waals surface area contributed by atoms with Crippen LogP contribution in [0, 0.1) is 11.3 Å². The zero-order valence-corrected chi connectivity index (χ0v) is 13.4. The van der Waals surface area contributed by atoms with Gasteiger partial charge in [0, 0.05) is 6.42 Å². The molecule has 1 aromatic rings. The number of carbonyl (C=O) groups excluding carboxylic acids is 1. The Morgan fingerprint density at radius 3 is 2.75 bits per heavy atom. The van der Waals surface area contributed by atoms with Gasteiger partial charge in [-0.3, -0.25) is 4.79 Å². The predicted molar refractivity (Wildman–Crippen MR) is 84.2 cm³/mol. The predicted octanol–water partition coefficient (Wildman–Crippen LogP) is 4.45. The second-order valence-corrected chi connectivity index (χ2v) is 7.71. The Morgan fingerprint density at radius 2 is 2.25 bits per heavy atom. The van der Waals surface area contributed by atoms with Crippen LogP contribution in [0.2, 0.25) is 0 Å². The number of ketones is 1. The number of Topliss-reactive ketones (excluding diaryl/α,β-unsaturated/α-hetero) is 1. The first-order chi connectivity index (χ1) is 9.38. The average Bonchev–Trinajstić information content (AvgIpc) is 2.91. The lowest BCUT2D eigenvalue weighted by Crippen LogP contribution is -2.24. The summed E-state index contributed by atoms with van der Waals surface area (Å²) < 4.78 is 0. The van der Waals surface area contributed by atoms with Gasteiger partial charge in [-0.15, -0.1) is 11.3 Å². The summed E-state index contributed by atoms with van der Waals surface area (Å²) in [6.45, 7) is 6.85. The Morgan fingerprint density at radius 1 is 1.50 bits per heavy atom. The molecule has 1 N–H and O–H groups in total. The average molecular weight is 292 g/mol. The van der Waals surface area contributed by atoms with Crippen LogP contribution in [0.15, 0.2) is 29.2 Å². The van der Waals surface area contributed by atoms with Crippen molar-refractivity contribution in [2.75, 3.05) is 0 Å². The largest absolute Gasteiger partial charge is 0.385 e. The van der Waals surface area contributed by atoms with E-state index in [4.69, 9.17) is 0 Å². The highest BCUT2D eigenvalue weighted by molar-refractivity contribution is 7.12. The minimum atomic E-state index is -0.883. The zero-order valence-electron chi connectivity index (χ0n) is 12.6. The highest BCUT2D eigenvalue weighted by atomic mass is 32.1. The molecule has 0 bridgehead atoms. The molecule has 0 spiro atoms. The van der Waals surface area contributed by atoms with E-state index < -0.39 is 6.10 Å². The van der Waals surface area contributed by atoms with Gasteiger partial charge in [-0.05, 0) is 42.0 Å². The maximum absolute atomic E-state index is 12.0. The molecule has 0 aliphatic heterocycles. The van der Waals surface area contributed by atoms with Crippen LogP contribution in [0.5, 0.6) is 0 Å². The number of aliphatic hydroxyl groups is 1. The second kappa shape index (κ2) is 6.23. The minimum Gasteiger partial charge on any atom is -0.385 e. The lowest BCUT2D eigenvalue weighted by molar-refractivity contribution is 0.0748. The number of thiophene rings is 1. The summed E-state index contributed by atoms with van der Waals surface area (Å²) in [7, 11) is 0. The fraction of sp³-hybridized carbons (Fsp3) is 0.588. The molecule has 0 fully saturated rings. The standard InChI is InChI=1S/C17H24O2S/c1-17(2,3)13-8-6-12(7-9-13)11-14(18)16(19)15-5-4-10-20-15/h4-6,10,13-14,18H,7-9,11H2,1-3H3/t13-,14+/m1/s1. The van der Waals surface area contributed by atoms with E-state index in [1.54, 1.807) is 6.07 Å². The van der Waals surface area contributed by atoms with Crippen LogP contribution in [0.4, 0.5) is 0 Å².